The van der Waals surface area contributed by atoms with Crippen molar-refractivity contribution in [2.75, 3.05) is 13.1 Å². The molecule has 2 atom stereocenters. The van der Waals surface area contributed by atoms with Crippen molar-refractivity contribution in [3.05, 3.63) is 33.4 Å². The molecule has 9 heteroatoms. The summed E-state index contributed by atoms with van der Waals surface area (Å²) in [7, 11) is -3.98. The van der Waals surface area contributed by atoms with Crippen molar-refractivity contribution in [3.8, 4) is 0 Å². The van der Waals surface area contributed by atoms with Gasteiger partial charge in [0.15, 0.2) is 0 Å². The van der Waals surface area contributed by atoms with Crippen LogP contribution in [0, 0.1) is 35.8 Å². The summed E-state index contributed by atoms with van der Waals surface area (Å²) in [4.78, 5) is 21.4. The monoisotopic (exact) mass is 342 g/mol. The first kappa shape index (κ1) is 17.4. The molecule has 1 aliphatic heterocycles. The summed E-state index contributed by atoms with van der Waals surface area (Å²) in [6, 6.07) is 2.51. The number of carboxylic acids is 1. The molecule has 1 heterocycles. The zero-order valence-corrected chi connectivity index (χ0v) is 13.8. The SMILES string of the molecule is Cc1cc(C)c(S(=O)(=O)N2C[C@@H](C)[C@H](C(=O)O)C2)cc1[N+](=O)[O-]. The number of benzene rings is 1. The van der Waals surface area contributed by atoms with Crippen LogP contribution in [0.15, 0.2) is 17.0 Å². The van der Waals surface area contributed by atoms with Gasteiger partial charge in [0.25, 0.3) is 5.69 Å². The molecule has 0 bridgehead atoms. The van der Waals surface area contributed by atoms with Gasteiger partial charge in [-0.2, -0.15) is 4.31 Å². The van der Waals surface area contributed by atoms with Gasteiger partial charge in [-0.25, -0.2) is 8.42 Å². The second kappa shape index (κ2) is 5.89. The van der Waals surface area contributed by atoms with Gasteiger partial charge in [-0.05, 0) is 31.4 Å². The highest BCUT2D eigenvalue weighted by Crippen LogP contribution is 2.32. The van der Waals surface area contributed by atoms with Gasteiger partial charge in [0.2, 0.25) is 10.0 Å². The summed E-state index contributed by atoms with van der Waals surface area (Å²) >= 11 is 0. The lowest BCUT2D eigenvalue weighted by Crippen LogP contribution is -2.30. The van der Waals surface area contributed by atoms with Crippen LogP contribution in [0.2, 0.25) is 0 Å². The van der Waals surface area contributed by atoms with Crippen molar-refractivity contribution in [2.45, 2.75) is 25.7 Å². The normalized spacial score (nSPS) is 22.2. The highest BCUT2D eigenvalue weighted by molar-refractivity contribution is 7.89. The van der Waals surface area contributed by atoms with Crippen LogP contribution in [0.1, 0.15) is 18.1 Å². The Labute approximate surface area is 133 Å². The molecule has 0 aliphatic carbocycles. The van der Waals surface area contributed by atoms with Gasteiger partial charge >= 0.3 is 5.97 Å². The molecule has 1 aliphatic rings. The van der Waals surface area contributed by atoms with E-state index in [1.54, 1.807) is 20.8 Å². The Bertz CT molecular complexity index is 774. The third kappa shape index (κ3) is 3.06. The third-order valence-electron chi connectivity index (χ3n) is 4.20. The van der Waals surface area contributed by atoms with Crippen LogP contribution in [0.5, 0.6) is 0 Å². The molecule has 23 heavy (non-hydrogen) atoms. The van der Waals surface area contributed by atoms with Gasteiger partial charge in [-0.1, -0.05) is 6.92 Å². The van der Waals surface area contributed by atoms with Gasteiger partial charge in [0.1, 0.15) is 0 Å². The second-order valence-electron chi connectivity index (χ2n) is 5.91. The van der Waals surface area contributed by atoms with E-state index in [-0.39, 0.29) is 29.6 Å². The zero-order valence-electron chi connectivity index (χ0n) is 13.0. The molecule has 2 rings (SSSR count). The molecular formula is C14H18N2O6S. The molecule has 0 aromatic heterocycles. The number of carbonyl (C=O) groups is 1. The van der Waals surface area contributed by atoms with E-state index in [0.717, 1.165) is 10.4 Å². The van der Waals surface area contributed by atoms with Crippen molar-refractivity contribution in [2.24, 2.45) is 11.8 Å². The van der Waals surface area contributed by atoms with E-state index in [9.17, 15) is 23.3 Å². The van der Waals surface area contributed by atoms with E-state index in [1.165, 1.54) is 6.07 Å². The molecule has 126 valence electrons. The molecule has 1 N–H and O–H groups in total. The topological polar surface area (TPSA) is 118 Å². The van der Waals surface area contributed by atoms with Crippen molar-refractivity contribution in [3.63, 3.8) is 0 Å². The molecule has 0 spiro atoms. The molecule has 1 fully saturated rings. The van der Waals surface area contributed by atoms with Gasteiger partial charge < -0.3 is 5.11 Å². The largest absolute Gasteiger partial charge is 0.481 e. The summed E-state index contributed by atoms with van der Waals surface area (Å²) in [6.45, 7) is 4.75. The van der Waals surface area contributed by atoms with Crippen LogP contribution in [-0.4, -0.2) is 41.8 Å². The van der Waals surface area contributed by atoms with Crippen molar-refractivity contribution in [1.82, 2.24) is 4.31 Å². The number of hydrogen-bond donors (Lipinski definition) is 1. The Morgan fingerprint density at radius 3 is 2.39 bits per heavy atom. The smallest absolute Gasteiger partial charge is 0.308 e. The lowest BCUT2D eigenvalue weighted by Gasteiger charge is -2.18. The molecule has 0 amide bonds. The van der Waals surface area contributed by atoms with E-state index in [0.29, 0.717) is 11.1 Å². The van der Waals surface area contributed by atoms with Crippen LogP contribution in [-0.2, 0) is 14.8 Å². The first-order valence-corrected chi connectivity index (χ1v) is 8.48. The van der Waals surface area contributed by atoms with Gasteiger partial charge in [-0.3, -0.25) is 14.9 Å². The Morgan fingerprint density at radius 1 is 1.30 bits per heavy atom. The number of carboxylic acid groups (broad SMARTS) is 1. The zero-order chi connectivity index (χ0) is 17.5. The number of nitro benzene ring substituents is 1. The van der Waals surface area contributed by atoms with Crippen LogP contribution in [0.25, 0.3) is 0 Å². The summed E-state index contributed by atoms with van der Waals surface area (Å²) < 4.78 is 26.6. The van der Waals surface area contributed by atoms with E-state index in [2.05, 4.69) is 0 Å². The van der Waals surface area contributed by atoms with E-state index >= 15 is 0 Å². The highest BCUT2D eigenvalue weighted by atomic mass is 32.2. The number of nitro groups is 1. The second-order valence-corrected chi connectivity index (χ2v) is 7.81. The Hall–Kier alpha value is -2.00. The molecule has 8 nitrogen and oxygen atoms in total. The maximum Gasteiger partial charge on any atom is 0.308 e. The van der Waals surface area contributed by atoms with Crippen LogP contribution < -0.4 is 0 Å². The third-order valence-corrected chi connectivity index (χ3v) is 6.18. The van der Waals surface area contributed by atoms with E-state index < -0.39 is 26.8 Å². The quantitative estimate of drug-likeness (QED) is 0.655. The van der Waals surface area contributed by atoms with Gasteiger partial charge in [0, 0.05) is 24.7 Å². The minimum Gasteiger partial charge on any atom is -0.481 e. The Kier molecular flexibility index (Phi) is 4.45. The average molecular weight is 342 g/mol. The molecule has 0 saturated carbocycles. The van der Waals surface area contributed by atoms with E-state index in [1.807, 2.05) is 0 Å². The molecular weight excluding hydrogens is 324 g/mol. The highest BCUT2D eigenvalue weighted by Gasteiger charge is 2.41. The number of nitrogens with zero attached hydrogens (tertiary/aromatic N) is 2. The van der Waals surface area contributed by atoms with Crippen LogP contribution in [0.4, 0.5) is 5.69 Å². The number of aryl methyl sites for hydroxylation is 2. The Balaban J connectivity index is 2.47. The molecule has 1 saturated heterocycles. The first-order chi connectivity index (χ1) is 10.6. The number of hydrogen-bond acceptors (Lipinski definition) is 5. The van der Waals surface area contributed by atoms with Crippen molar-refractivity contribution in [1.29, 1.82) is 0 Å². The van der Waals surface area contributed by atoms with Gasteiger partial charge in [0.05, 0.1) is 15.7 Å². The van der Waals surface area contributed by atoms with Crippen LogP contribution >= 0.6 is 0 Å². The molecule has 0 radical (unpaired) electrons. The minimum absolute atomic E-state index is 0.0837. The van der Waals surface area contributed by atoms with E-state index in [4.69, 9.17) is 5.11 Å². The average Bonchev–Trinajstić information content (AvgIpc) is 2.80. The molecule has 1 aromatic rings. The maximum atomic E-state index is 12.8. The lowest BCUT2D eigenvalue weighted by molar-refractivity contribution is -0.385. The number of rotatable bonds is 4. The number of aliphatic carboxylic acids is 1. The predicted octanol–water partition coefficient (Wildman–Crippen LogP) is 1.55. The van der Waals surface area contributed by atoms with Crippen LogP contribution in [0.3, 0.4) is 0 Å². The first-order valence-electron chi connectivity index (χ1n) is 7.04. The minimum atomic E-state index is -3.98. The summed E-state index contributed by atoms with van der Waals surface area (Å²) in [5.41, 5.74) is 0.514. The lowest BCUT2D eigenvalue weighted by atomic mass is 9.99. The standard InChI is InChI=1S/C14H18N2O6S/c1-8-4-9(2)13(5-12(8)16(19)20)23(21,22)15-6-10(3)11(7-15)14(17)18/h4-5,10-11H,6-7H2,1-3H3,(H,17,18)/t10-,11-/m1/s1. The Morgan fingerprint density at radius 2 is 1.91 bits per heavy atom. The molecule has 0 unspecified atom stereocenters. The fraction of sp³-hybridized carbons (Fsp3) is 0.500. The number of sulfonamides is 1. The predicted molar refractivity (Wildman–Crippen MR) is 81.6 cm³/mol. The summed E-state index contributed by atoms with van der Waals surface area (Å²) in [5, 5.41) is 20.2. The molecule has 1 aromatic carbocycles. The summed E-state index contributed by atoms with van der Waals surface area (Å²) in [6.07, 6.45) is 0. The van der Waals surface area contributed by atoms with Crippen molar-refractivity contribution >= 4 is 21.7 Å². The van der Waals surface area contributed by atoms with Crippen molar-refractivity contribution < 1.29 is 23.2 Å². The summed E-state index contributed by atoms with van der Waals surface area (Å²) in [5.74, 6) is -2.13. The maximum absolute atomic E-state index is 12.8. The van der Waals surface area contributed by atoms with Gasteiger partial charge in [-0.15, -0.1) is 0 Å². The fourth-order valence-corrected chi connectivity index (χ4v) is 4.67. The fourth-order valence-electron chi connectivity index (χ4n) is 2.88.